The molecule has 1 aromatic rings. The first-order valence-corrected chi connectivity index (χ1v) is 6.32. The van der Waals surface area contributed by atoms with Gasteiger partial charge in [0.05, 0.1) is 12.6 Å². The van der Waals surface area contributed by atoms with Crippen LogP contribution in [0.5, 0.6) is 0 Å². The molecule has 0 aromatic heterocycles. The van der Waals surface area contributed by atoms with Gasteiger partial charge in [-0.15, -0.1) is 0 Å². The number of aliphatic hydroxyl groups excluding tert-OH is 1. The molecule has 5 nitrogen and oxygen atoms in total. The van der Waals surface area contributed by atoms with Gasteiger partial charge in [0.25, 0.3) is 0 Å². The number of hydrogen-bond acceptors (Lipinski definition) is 3. The second-order valence-corrected chi connectivity index (χ2v) is 4.60. The van der Waals surface area contributed by atoms with Crippen LogP contribution in [0.1, 0.15) is 19.4 Å². The number of carbonyl (C=O) groups is 2. The van der Waals surface area contributed by atoms with Crippen LogP contribution in [0.4, 0.5) is 0 Å². The Morgan fingerprint density at radius 1 is 1.15 bits per heavy atom. The lowest BCUT2D eigenvalue weighted by atomic mass is 10.1. The van der Waals surface area contributed by atoms with Crippen LogP contribution in [0, 0.1) is 0 Å². The molecule has 20 heavy (non-hydrogen) atoms. The largest absolute Gasteiger partial charge is 0.478 e. The van der Waals surface area contributed by atoms with Gasteiger partial charge in [-0.2, -0.15) is 0 Å². The third-order valence-corrected chi connectivity index (χ3v) is 3.10. The summed E-state index contributed by atoms with van der Waals surface area (Å²) in [5.74, 6) is -1.60. The fraction of sp³-hybridized carbons (Fsp3) is 0.333. The summed E-state index contributed by atoms with van der Waals surface area (Å²) in [4.78, 5) is 22.7. The van der Waals surface area contributed by atoms with E-state index in [0.717, 1.165) is 5.56 Å². The average Bonchev–Trinajstić information content (AvgIpc) is 2.45. The highest BCUT2D eigenvalue weighted by atomic mass is 16.4. The highest BCUT2D eigenvalue weighted by Gasteiger charge is 2.16. The number of aliphatic hydroxyl groups is 1. The van der Waals surface area contributed by atoms with Crippen LogP contribution in [-0.4, -0.2) is 34.7 Å². The van der Waals surface area contributed by atoms with E-state index < -0.39 is 17.9 Å². The zero-order valence-corrected chi connectivity index (χ0v) is 11.6. The summed E-state index contributed by atoms with van der Waals surface area (Å²) < 4.78 is 0. The van der Waals surface area contributed by atoms with Crippen molar-refractivity contribution >= 4 is 11.9 Å². The quantitative estimate of drug-likeness (QED) is 0.680. The molecule has 5 heteroatoms. The Morgan fingerprint density at radius 2 is 1.75 bits per heavy atom. The molecule has 0 unspecified atom stereocenters. The molecule has 0 saturated carbocycles. The molecule has 0 radical (unpaired) electrons. The van der Waals surface area contributed by atoms with E-state index in [1.54, 1.807) is 0 Å². The molecule has 108 valence electrons. The molecular formula is C15H19NO4. The van der Waals surface area contributed by atoms with E-state index >= 15 is 0 Å². The van der Waals surface area contributed by atoms with Crippen LogP contribution >= 0.6 is 0 Å². The average molecular weight is 277 g/mol. The fourth-order valence-corrected chi connectivity index (χ4v) is 1.68. The Kier molecular flexibility index (Phi) is 5.93. The summed E-state index contributed by atoms with van der Waals surface area (Å²) in [6.07, 6.45) is 0.489. The number of rotatable bonds is 6. The van der Waals surface area contributed by atoms with Crippen LogP contribution in [0.25, 0.3) is 0 Å². The molecule has 0 spiro atoms. The zero-order chi connectivity index (χ0) is 15.1. The van der Waals surface area contributed by atoms with Gasteiger partial charge in [-0.3, -0.25) is 4.79 Å². The van der Waals surface area contributed by atoms with Crippen LogP contribution in [0.15, 0.2) is 41.5 Å². The molecule has 1 rings (SSSR count). The topological polar surface area (TPSA) is 86.6 Å². The Bertz CT molecular complexity index is 508. The first-order valence-electron chi connectivity index (χ1n) is 6.32. The van der Waals surface area contributed by atoms with Crippen LogP contribution in [-0.2, 0) is 16.0 Å². The molecular weight excluding hydrogens is 258 g/mol. The lowest BCUT2D eigenvalue weighted by Crippen LogP contribution is -2.39. The maximum atomic E-state index is 11.9. The maximum absolute atomic E-state index is 11.9. The van der Waals surface area contributed by atoms with Crippen LogP contribution < -0.4 is 5.32 Å². The van der Waals surface area contributed by atoms with Gasteiger partial charge in [0.1, 0.15) is 0 Å². The van der Waals surface area contributed by atoms with Gasteiger partial charge >= 0.3 is 5.97 Å². The van der Waals surface area contributed by atoms with E-state index in [0.29, 0.717) is 6.42 Å². The van der Waals surface area contributed by atoms with Crippen molar-refractivity contribution in [3.63, 3.8) is 0 Å². The molecule has 3 N–H and O–H groups in total. The normalized spacial score (nSPS) is 13.3. The van der Waals surface area contributed by atoms with Crippen molar-refractivity contribution in [2.24, 2.45) is 0 Å². The van der Waals surface area contributed by atoms with Crippen molar-refractivity contribution in [1.82, 2.24) is 5.32 Å². The number of carboxylic acid groups (broad SMARTS) is 1. The Balaban J connectivity index is 2.72. The number of carboxylic acids is 1. The maximum Gasteiger partial charge on any atom is 0.331 e. The number of carbonyl (C=O) groups excluding carboxylic acids is 1. The molecule has 0 heterocycles. The van der Waals surface area contributed by atoms with Crippen molar-refractivity contribution in [2.75, 3.05) is 6.61 Å². The molecule has 1 atom stereocenters. The highest BCUT2D eigenvalue weighted by molar-refractivity contribution is 6.01. The minimum atomic E-state index is -1.12. The highest BCUT2D eigenvalue weighted by Crippen LogP contribution is 2.06. The fourth-order valence-electron chi connectivity index (χ4n) is 1.68. The summed E-state index contributed by atoms with van der Waals surface area (Å²) in [5, 5.41) is 20.8. The summed E-state index contributed by atoms with van der Waals surface area (Å²) >= 11 is 0. The first-order chi connectivity index (χ1) is 9.45. The van der Waals surface area contributed by atoms with Crippen LogP contribution in [0.2, 0.25) is 0 Å². The van der Waals surface area contributed by atoms with Gasteiger partial charge in [0.15, 0.2) is 0 Å². The summed E-state index contributed by atoms with van der Waals surface area (Å²) in [6, 6.07) is 9.01. The molecule has 1 aromatic carbocycles. The number of nitrogens with one attached hydrogen (secondary N) is 1. The van der Waals surface area contributed by atoms with E-state index in [-0.39, 0.29) is 17.8 Å². The monoisotopic (exact) mass is 277 g/mol. The molecule has 0 fully saturated rings. The molecule has 0 aliphatic carbocycles. The lowest BCUT2D eigenvalue weighted by Gasteiger charge is -2.17. The molecule has 0 aliphatic rings. The standard InChI is InChI=1S/C15H19NO4/c1-10(11(2)15(19)20)14(18)16-13(9-17)8-12-6-4-3-5-7-12/h3-7,13,17H,8-9H2,1-2H3,(H,16,18)(H,19,20)/b11-10+/t13-/m0/s1. The summed E-state index contributed by atoms with van der Waals surface area (Å²) in [5.41, 5.74) is 1.13. The smallest absolute Gasteiger partial charge is 0.331 e. The number of benzene rings is 1. The van der Waals surface area contributed by atoms with Crippen molar-refractivity contribution < 1.29 is 19.8 Å². The molecule has 0 bridgehead atoms. The van der Waals surface area contributed by atoms with Gasteiger partial charge in [-0.25, -0.2) is 4.79 Å². The predicted octanol–water partition coefficient (Wildman–Crippen LogP) is 1.13. The first kappa shape index (κ1) is 15.9. The predicted molar refractivity (Wildman–Crippen MR) is 75.2 cm³/mol. The summed E-state index contributed by atoms with van der Waals surface area (Å²) in [6.45, 7) is 2.62. The third kappa shape index (κ3) is 4.51. The van der Waals surface area contributed by atoms with E-state index in [2.05, 4.69) is 5.32 Å². The second-order valence-electron chi connectivity index (χ2n) is 4.60. The number of hydrogen-bond donors (Lipinski definition) is 3. The van der Waals surface area contributed by atoms with E-state index in [4.69, 9.17) is 5.11 Å². The van der Waals surface area contributed by atoms with Gasteiger partial charge in [0.2, 0.25) is 5.91 Å². The van der Waals surface area contributed by atoms with Gasteiger partial charge < -0.3 is 15.5 Å². The van der Waals surface area contributed by atoms with Crippen molar-refractivity contribution in [3.8, 4) is 0 Å². The lowest BCUT2D eigenvalue weighted by molar-refractivity contribution is -0.133. The van der Waals surface area contributed by atoms with E-state index in [1.807, 2.05) is 30.3 Å². The number of amides is 1. The van der Waals surface area contributed by atoms with E-state index in [1.165, 1.54) is 13.8 Å². The molecule has 1 amide bonds. The molecule has 0 aliphatic heterocycles. The zero-order valence-electron chi connectivity index (χ0n) is 11.6. The van der Waals surface area contributed by atoms with Crippen molar-refractivity contribution in [2.45, 2.75) is 26.3 Å². The van der Waals surface area contributed by atoms with Crippen LogP contribution in [0.3, 0.4) is 0 Å². The minimum absolute atomic E-state index is 0.00102. The third-order valence-electron chi connectivity index (χ3n) is 3.10. The summed E-state index contributed by atoms with van der Waals surface area (Å²) in [7, 11) is 0. The Hall–Kier alpha value is -2.14. The van der Waals surface area contributed by atoms with Gasteiger partial charge in [0, 0.05) is 11.1 Å². The Morgan fingerprint density at radius 3 is 2.25 bits per heavy atom. The van der Waals surface area contributed by atoms with Crippen molar-refractivity contribution in [1.29, 1.82) is 0 Å². The van der Waals surface area contributed by atoms with Gasteiger partial charge in [-0.05, 0) is 25.8 Å². The SMILES string of the molecule is C/C(C(=O)O)=C(/C)C(=O)N[C@H](CO)Cc1ccccc1. The second kappa shape index (κ2) is 7.45. The van der Waals surface area contributed by atoms with Gasteiger partial charge in [-0.1, -0.05) is 30.3 Å². The molecule has 0 saturated heterocycles. The van der Waals surface area contributed by atoms with Crippen molar-refractivity contribution in [3.05, 3.63) is 47.0 Å². The van der Waals surface area contributed by atoms with E-state index in [9.17, 15) is 14.7 Å². The minimum Gasteiger partial charge on any atom is -0.478 e. The Labute approximate surface area is 117 Å². The number of aliphatic carboxylic acids is 1.